The van der Waals surface area contributed by atoms with Gasteiger partial charge in [0.1, 0.15) is 0 Å². The third-order valence-corrected chi connectivity index (χ3v) is 5.23. The summed E-state index contributed by atoms with van der Waals surface area (Å²) in [5.74, 6) is 3.36. The third kappa shape index (κ3) is 4.28. The summed E-state index contributed by atoms with van der Waals surface area (Å²) in [5.41, 5.74) is 0. The number of hydrogen-bond donors (Lipinski definition) is 0. The summed E-state index contributed by atoms with van der Waals surface area (Å²) in [6.45, 7) is 17.1. The van der Waals surface area contributed by atoms with Gasteiger partial charge in [-0.05, 0) is 62.9 Å². The average Bonchev–Trinajstić information content (AvgIpc) is 2.79. The van der Waals surface area contributed by atoms with Crippen LogP contribution in [-0.2, 0) is 0 Å². The van der Waals surface area contributed by atoms with Crippen LogP contribution in [0.2, 0.25) is 0 Å². The van der Waals surface area contributed by atoms with Crippen molar-refractivity contribution in [2.75, 3.05) is 13.1 Å². The average molecular weight is 239 g/mol. The van der Waals surface area contributed by atoms with Crippen LogP contribution in [0.3, 0.4) is 0 Å². The molecule has 0 bridgehead atoms. The van der Waals surface area contributed by atoms with Gasteiger partial charge in [-0.2, -0.15) is 0 Å². The van der Waals surface area contributed by atoms with Crippen LogP contribution in [0.15, 0.2) is 0 Å². The van der Waals surface area contributed by atoms with Gasteiger partial charge in [0.25, 0.3) is 0 Å². The van der Waals surface area contributed by atoms with Crippen molar-refractivity contribution in [1.82, 2.24) is 4.90 Å². The van der Waals surface area contributed by atoms with Crippen LogP contribution in [0.5, 0.6) is 0 Å². The highest BCUT2D eigenvalue weighted by Crippen LogP contribution is 2.29. The lowest BCUT2D eigenvalue weighted by molar-refractivity contribution is 0.158. The minimum absolute atomic E-state index is 0.777. The summed E-state index contributed by atoms with van der Waals surface area (Å²) in [5, 5.41) is 0. The van der Waals surface area contributed by atoms with Gasteiger partial charge >= 0.3 is 0 Å². The Hall–Kier alpha value is -0.0400. The van der Waals surface area contributed by atoms with Crippen LogP contribution < -0.4 is 0 Å². The van der Waals surface area contributed by atoms with Gasteiger partial charge in [-0.25, -0.2) is 0 Å². The second kappa shape index (κ2) is 6.78. The molecule has 4 atom stereocenters. The Kier molecular flexibility index (Phi) is 5.99. The van der Waals surface area contributed by atoms with Crippen molar-refractivity contribution in [3.63, 3.8) is 0 Å². The minimum atomic E-state index is 0.777. The van der Waals surface area contributed by atoms with Crippen LogP contribution in [0.4, 0.5) is 0 Å². The number of hydrogen-bond acceptors (Lipinski definition) is 1. The first-order valence-corrected chi connectivity index (χ1v) is 7.67. The molecule has 4 unspecified atom stereocenters. The summed E-state index contributed by atoms with van der Waals surface area (Å²) < 4.78 is 0. The monoisotopic (exact) mass is 239 g/mol. The van der Waals surface area contributed by atoms with Crippen molar-refractivity contribution in [2.45, 2.75) is 66.8 Å². The van der Waals surface area contributed by atoms with Crippen LogP contribution in [-0.4, -0.2) is 24.0 Å². The minimum Gasteiger partial charge on any atom is -0.300 e. The van der Waals surface area contributed by atoms with E-state index in [1.54, 1.807) is 0 Å². The van der Waals surface area contributed by atoms with E-state index in [4.69, 9.17) is 0 Å². The molecule has 1 heteroatoms. The Bertz CT molecular complexity index is 206. The largest absolute Gasteiger partial charge is 0.300 e. The first-order chi connectivity index (χ1) is 7.93. The van der Waals surface area contributed by atoms with E-state index in [-0.39, 0.29) is 0 Å². The molecule has 0 aromatic carbocycles. The highest BCUT2D eigenvalue weighted by Gasteiger charge is 2.26. The van der Waals surface area contributed by atoms with Gasteiger partial charge in [-0.1, -0.05) is 34.6 Å². The molecule has 1 saturated heterocycles. The fraction of sp³-hybridized carbons (Fsp3) is 1.00. The fourth-order valence-corrected chi connectivity index (χ4v) is 3.16. The first-order valence-electron chi connectivity index (χ1n) is 7.67. The van der Waals surface area contributed by atoms with Gasteiger partial charge in [0.05, 0.1) is 0 Å². The first kappa shape index (κ1) is 15.0. The molecule has 0 aliphatic carbocycles. The molecule has 0 aromatic heterocycles. The molecule has 17 heavy (non-hydrogen) atoms. The van der Waals surface area contributed by atoms with Gasteiger partial charge in [-0.3, -0.25) is 0 Å². The molecule has 102 valence electrons. The normalized spacial score (nSPS) is 24.9. The smallest absolute Gasteiger partial charge is 0.00926 e. The Morgan fingerprint density at radius 1 is 0.824 bits per heavy atom. The zero-order valence-electron chi connectivity index (χ0n) is 12.9. The molecule has 0 saturated carbocycles. The second-order valence-corrected chi connectivity index (χ2v) is 6.78. The summed E-state index contributed by atoms with van der Waals surface area (Å²) in [7, 11) is 0. The lowest BCUT2D eigenvalue weighted by atomic mass is 9.79. The van der Waals surface area contributed by atoms with E-state index in [1.165, 1.54) is 32.4 Å². The number of rotatable bonds is 6. The highest BCUT2D eigenvalue weighted by molar-refractivity contribution is 4.79. The van der Waals surface area contributed by atoms with Crippen molar-refractivity contribution in [3.8, 4) is 0 Å². The molecular formula is C16H33N. The molecule has 1 aliphatic rings. The van der Waals surface area contributed by atoms with Crippen molar-refractivity contribution in [2.24, 2.45) is 23.7 Å². The van der Waals surface area contributed by atoms with E-state index < -0.39 is 0 Å². The number of nitrogens with zero attached hydrogens (tertiary/aromatic N) is 1. The van der Waals surface area contributed by atoms with Crippen LogP contribution in [0.1, 0.15) is 60.8 Å². The lowest BCUT2D eigenvalue weighted by Crippen LogP contribution is -2.36. The molecule has 0 amide bonds. The van der Waals surface area contributed by atoms with Crippen LogP contribution >= 0.6 is 0 Å². The molecule has 0 aromatic rings. The quantitative estimate of drug-likeness (QED) is 0.663. The van der Waals surface area contributed by atoms with E-state index in [2.05, 4.69) is 46.4 Å². The van der Waals surface area contributed by atoms with Gasteiger partial charge < -0.3 is 4.90 Å². The molecule has 1 rings (SSSR count). The zero-order chi connectivity index (χ0) is 13.0. The van der Waals surface area contributed by atoms with Crippen molar-refractivity contribution in [3.05, 3.63) is 0 Å². The maximum absolute atomic E-state index is 2.69. The topological polar surface area (TPSA) is 3.24 Å². The van der Waals surface area contributed by atoms with Crippen molar-refractivity contribution >= 4 is 0 Å². The Balaban J connectivity index is 2.39. The van der Waals surface area contributed by atoms with E-state index in [0.717, 1.165) is 29.7 Å². The van der Waals surface area contributed by atoms with Crippen LogP contribution in [0, 0.1) is 23.7 Å². The Morgan fingerprint density at radius 3 is 1.82 bits per heavy atom. The lowest BCUT2D eigenvalue weighted by Gasteiger charge is -2.33. The molecule has 1 nitrogen and oxygen atoms in total. The molecular weight excluding hydrogens is 206 g/mol. The van der Waals surface area contributed by atoms with E-state index >= 15 is 0 Å². The predicted molar refractivity (Wildman–Crippen MR) is 77.2 cm³/mol. The highest BCUT2D eigenvalue weighted by atomic mass is 15.2. The summed E-state index contributed by atoms with van der Waals surface area (Å²) in [6, 6.07) is 0.777. The van der Waals surface area contributed by atoms with E-state index in [0.29, 0.717) is 0 Å². The third-order valence-electron chi connectivity index (χ3n) is 5.23. The van der Waals surface area contributed by atoms with Crippen LogP contribution in [0.25, 0.3) is 0 Å². The van der Waals surface area contributed by atoms with Crippen molar-refractivity contribution < 1.29 is 0 Å². The molecule has 1 aliphatic heterocycles. The van der Waals surface area contributed by atoms with Gasteiger partial charge in [-0.15, -0.1) is 0 Å². The maximum Gasteiger partial charge on any atom is 0.00926 e. The second-order valence-electron chi connectivity index (χ2n) is 6.78. The number of likely N-dealkylation sites (tertiary alicyclic amines) is 1. The predicted octanol–water partition coefficient (Wildman–Crippen LogP) is 4.43. The molecule has 1 heterocycles. The SMILES string of the molecule is CC(C)C(C)C(C)CC(C)C(C)N1CCCC1. The Morgan fingerprint density at radius 2 is 1.35 bits per heavy atom. The summed E-state index contributed by atoms with van der Waals surface area (Å²) in [4.78, 5) is 2.69. The van der Waals surface area contributed by atoms with E-state index in [9.17, 15) is 0 Å². The van der Waals surface area contributed by atoms with Gasteiger partial charge in [0, 0.05) is 6.04 Å². The summed E-state index contributed by atoms with van der Waals surface area (Å²) >= 11 is 0. The zero-order valence-corrected chi connectivity index (χ0v) is 12.9. The van der Waals surface area contributed by atoms with Gasteiger partial charge in [0.15, 0.2) is 0 Å². The standard InChI is InChI=1S/C16H33N/c1-12(2)15(5)13(3)11-14(4)16(6)17-9-7-8-10-17/h12-16H,7-11H2,1-6H3. The molecule has 0 spiro atoms. The van der Waals surface area contributed by atoms with Crippen molar-refractivity contribution in [1.29, 1.82) is 0 Å². The fourth-order valence-electron chi connectivity index (χ4n) is 3.16. The van der Waals surface area contributed by atoms with E-state index in [1.807, 2.05) is 0 Å². The van der Waals surface area contributed by atoms with Gasteiger partial charge in [0.2, 0.25) is 0 Å². The summed E-state index contributed by atoms with van der Waals surface area (Å²) in [6.07, 6.45) is 4.21. The maximum atomic E-state index is 2.69. The molecule has 0 radical (unpaired) electrons. The molecule has 1 fully saturated rings. The molecule has 0 N–H and O–H groups in total. The Labute approximate surface area is 109 Å².